The lowest BCUT2D eigenvalue weighted by Gasteiger charge is -2.35. The van der Waals surface area contributed by atoms with Gasteiger partial charge in [0.05, 0.1) is 11.6 Å². The van der Waals surface area contributed by atoms with Crippen LogP contribution in [0.25, 0.3) is 0 Å². The zero-order valence-electron chi connectivity index (χ0n) is 11.4. The topological polar surface area (TPSA) is 56.1 Å². The number of piperidine rings is 1. The number of amides is 1. The number of benzene rings is 1. The van der Waals surface area contributed by atoms with E-state index in [4.69, 9.17) is 5.26 Å². The lowest BCUT2D eigenvalue weighted by atomic mass is 9.98. The highest BCUT2D eigenvalue weighted by Gasteiger charge is 2.24. The van der Waals surface area contributed by atoms with Crippen molar-refractivity contribution < 1.29 is 4.79 Å². The van der Waals surface area contributed by atoms with E-state index < -0.39 is 0 Å². The van der Waals surface area contributed by atoms with Gasteiger partial charge in [-0.25, -0.2) is 0 Å². The number of hydrogen-bond acceptors (Lipinski definition) is 3. The fourth-order valence-corrected chi connectivity index (χ4v) is 2.42. The van der Waals surface area contributed by atoms with Gasteiger partial charge in [0.25, 0.3) is 5.91 Å². The SMILES string of the molecule is CC1CC(NC(=O)c2cccc(C#N)c2)CCN1C. The Morgan fingerprint density at radius 2 is 2.32 bits per heavy atom. The first-order chi connectivity index (χ1) is 9.10. The standard InChI is InChI=1S/C15H19N3O/c1-11-8-14(6-7-18(11)2)17-15(19)13-5-3-4-12(9-13)10-16/h3-5,9,11,14H,6-8H2,1-2H3,(H,17,19). The van der Waals surface area contributed by atoms with E-state index in [2.05, 4.69) is 30.3 Å². The van der Waals surface area contributed by atoms with Crippen LogP contribution in [-0.2, 0) is 0 Å². The zero-order chi connectivity index (χ0) is 13.8. The van der Waals surface area contributed by atoms with Crippen LogP contribution in [-0.4, -0.2) is 36.5 Å². The van der Waals surface area contributed by atoms with E-state index in [0.29, 0.717) is 17.2 Å². The quantitative estimate of drug-likeness (QED) is 0.878. The molecular weight excluding hydrogens is 238 g/mol. The van der Waals surface area contributed by atoms with Gasteiger partial charge in [-0.05, 0) is 45.0 Å². The molecule has 1 N–H and O–H groups in total. The third-order valence-corrected chi connectivity index (χ3v) is 3.80. The van der Waals surface area contributed by atoms with Crippen molar-refractivity contribution in [3.05, 3.63) is 35.4 Å². The van der Waals surface area contributed by atoms with Gasteiger partial charge < -0.3 is 10.2 Å². The lowest BCUT2D eigenvalue weighted by Crippen LogP contribution is -2.47. The molecule has 1 heterocycles. The summed E-state index contributed by atoms with van der Waals surface area (Å²) in [7, 11) is 2.11. The predicted molar refractivity (Wildman–Crippen MR) is 73.7 cm³/mol. The molecule has 0 bridgehead atoms. The van der Waals surface area contributed by atoms with E-state index in [1.165, 1.54) is 0 Å². The fourth-order valence-electron chi connectivity index (χ4n) is 2.42. The van der Waals surface area contributed by atoms with Crippen LogP contribution in [0.1, 0.15) is 35.7 Å². The molecule has 4 nitrogen and oxygen atoms in total. The Kier molecular flexibility index (Phi) is 4.18. The molecule has 0 saturated carbocycles. The van der Waals surface area contributed by atoms with E-state index in [1.54, 1.807) is 24.3 Å². The molecule has 0 spiro atoms. The lowest BCUT2D eigenvalue weighted by molar-refractivity contribution is 0.0896. The van der Waals surface area contributed by atoms with E-state index in [0.717, 1.165) is 19.4 Å². The molecular formula is C15H19N3O. The van der Waals surface area contributed by atoms with Crippen LogP contribution in [0.2, 0.25) is 0 Å². The van der Waals surface area contributed by atoms with Crippen molar-refractivity contribution >= 4 is 5.91 Å². The minimum Gasteiger partial charge on any atom is -0.349 e. The Balaban J connectivity index is 1.99. The fraction of sp³-hybridized carbons (Fsp3) is 0.467. The highest BCUT2D eigenvalue weighted by atomic mass is 16.1. The molecule has 100 valence electrons. The van der Waals surface area contributed by atoms with E-state index in [9.17, 15) is 4.79 Å². The van der Waals surface area contributed by atoms with Crippen LogP contribution < -0.4 is 5.32 Å². The van der Waals surface area contributed by atoms with Crippen molar-refractivity contribution in [2.45, 2.75) is 31.8 Å². The molecule has 0 aromatic heterocycles. The summed E-state index contributed by atoms with van der Waals surface area (Å²) < 4.78 is 0. The largest absolute Gasteiger partial charge is 0.349 e. The molecule has 1 aromatic carbocycles. The Hall–Kier alpha value is -1.86. The normalized spacial score (nSPS) is 23.6. The smallest absolute Gasteiger partial charge is 0.251 e. The van der Waals surface area contributed by atoms with Gasteiger partial charge in [-0.3, -0.25) is 4.79 Å². The molecule has 0 radical (unpaired) electrons. The maximum atomic E-state index is 12.1. The molecule has 1 aliphatic rings. The number of nitrogens with zero attached hydrogens (tertiary/aromatic N) is 2. The predicted octanol–water partition coefficient (Wildman–Crippen LogP) is 1.77. The Morgan fingerprint density at radius 3 is 3.00 bits per heavy atom. The van der Waals surface area contributed by atoms with Gasteiger partial charge in [0.2, 0.25) is 0 Å². The number of nitriles is 1. The summed E-state index contributed by atoms with van der Waals surface area (Å²) in [4.78, 5) is 14.4. The van der Waals surface area contributed by atoms with Crippen LogP contribution in [0.3, 0.4) is 0 Å². The number of likely N-dealkylation sites (tertiary alicyclic amines) is 1. The van der Waals surface area contributed by atoms with Gasteiger partial charge in [0.1, 0.15) is 0 Å². The number of carbonyl (C=O) groups is 1. The van der Waals surface area contributed by atoms with Crippen LogP contribution in [0.5, 0.6) is 0 Å². The van der Waals surface area contributed by atoms with Gasteiger partial charge >= 0.3 is 0 Å². The summed E-state index contributed by atoms with van der Waals surface area (Å²) in [5.74, 6) is -0.0844. The Bertz CT molecular complexity index is 506. The third-order valence-electron chi connectivity index (χ3n) is 3.80. The Morgan fingerprint density at radius 1 is 1.53 bits per heavy atom. The minimum absolute atomic E-state index is 0.0844. The highest BCUT2D eigenvalue weighted by Crippen LogP contribution is 2.16. The van der Waals surface area contributed by atoms with Crippen molar-refractivity contribution in [2.24, 2.45) is 0 Å². The molecule has 1 aliphatic heterocycles. The number of rotatable bonds is 2. The average Bonchev–Trinajstić information content (AvgIpc) is 2.43. The minimum atomic E-state index is -0.0844. The maximum absolute atomic E-state index is 12.1. The molecule has 1 aromatic rings. The molecule has 0 aliphatic carbocycles. The highest BCUT2D eigenvalue weighted by molar-refractivity contribution is 5.94. The number of nitrogens with one attached hydrogen (secondary N) is 1. The van der Waals surface area contributed by atoms with Crippen molar-refractivity contribution in [2.75, 3.05) is 13.6 Å². The summed E-state index contributed by atoms with van der Waals surface area (Å²) in [5, 5.41) is 11.9. The second kappa shape index (κ2) is 5.85. The Labute approximate surface area is 114 Å². The summed E-state index contributed by atoms with van der Waals surface area (Å²) in [5.41, 5.74) is 1.08. The summed E-state index contributed by atoms with van der Waals surface area (Å²) in [6.45, 7) is 3.18. The molecule has 1 fully saturated rings. The number of carbonyl (C=O) groups excluding carboxylic acids is 1. The first-order valence-electron chi connectivity index (χ1n) is 6.61. The second-order valence-corrected chi connectivity index (χ2v) is 5.22. The van der Waals surface area contributed by atoms with E-state index >= 15 is 0 Å². The van der Waals surface area contributed by atoms with Crippen molar-refractivity contribution in [3.63, 3.8) is 0 Å². The van der Waals surface area contributed by atoms with Crippen LogP contribution >= 0.6 is 0 Å². The molecule has 19 heavy (non-hydrogen) atoms. The summed E-state index contributed by atoms with van der Waals surface area (Å²) in [6, 6.07) is 9.59. The van der Waals surface area contributed by atoms with E-state index in [1.807, 2.05) is 0 Å². The van der Waals surface area contributed by atoms with Crippen LogP contribution in [0.4, 0.5) is 0 Å². The number of hydrogen-bond donors (Lipinski definition) is 1. The van der Waals surface area contributed by atoms with Crippen LogP contribution in [0, 0.1) is 11.3 Å². The van der Waals surface area contributed by atoms with Gasteiger partial charge in [-0.2, -0.15) is 5.26 Å². The van der Waals surface area contributed by atoms with Gasteiger partial charge in [0.15, 0.2) is 0 Å². The molecule has 2 atom stereocenters. The summed E-state index contributed by atoms with van der Waals surface area (Å²) in [6.07, 6.45) is 1.95. The van der Waals surface area contributed by atoms with Gasteiger partial charge in [-0.1, -0.05) is 6.07 Å². The average molecular weight is 257 g/mol. The molecule has 1 amide bonds. The van der Waals surface area contributed by atoms with Crippen LogP contribution in [0.15, 0.2) is 24.3 Å². The summed E-state index contributed by atoms with van der Waals surface area (Å²) >= 11 is 0. The molecule has 4 heteroatoms. The van der Waals surface area contributed by atoms with Crippen molar-refractivity contribution in [1.29, 1.82) is 5.26 Å². The maximum Gasteiger partial charge on any atom is 0.251 e. The molecule has 1 saturated heterocycles. The van der Waals surface area contributed by atoms with Gasteiger partial charge in [0, 0.05) is 24.2 Å². The second-order valence-electron chi connectivity index (χ2n) is 5.22. The van der Waals surface area contributed by atoms with Gasteiger partial charge in [-0.15, -0.1) is 0 Å². The monoisotopic (exact) mass is 257 g/mol. The molecule has 2 unspecified atom stereocenters. The zero-order valence-corrected chi connectivity index (χ0v) is 11.4. The first-order valence-corrected chi connectivity index (χ1v) is 6.61. The van der Waals surface area contributed by atoms with E-state index in [-0.39, 0.29) is 11.9 Å². The molecule has 2 rings (SSSR count). The first kappa shape index (κ1) is 13.6. The van der Waals surface area contributed by atoms with Crippen molar-refractivity contribution in [1.82, 2.24) is 10.2 Å². The van der Waals surface area contributed by atoms with Crippen molar-refractivity contribution in [3.8, 4) is 6.07 Å². The third kappa shape index (κ3) is 3.33.